The van der Waals surface area contributed by atoms with Gasteiger partial charge < -0.3 is 10.2 Å². The van der Waals surface area contributed by atoms with Crippen molar-refractivity contribution in [2.75, 3.05) is 20.1 Å². The number of hydrogen-bond acceptors (Lipinski definition) is 2. The Kier molecular flexibility index (Phi) is 7.63. The van der Waals surface area contributed by atoms with Gasteiger partial charge in [-0.3, -0.25) is 4.79 Å². The van der Waals surface area contributed by atoms with E-state index in [-0.39, 0.29) is 18.3 Å². The SMILES string of the molecule is CNCC(=O)N(CCc1ccccc1)C1CCCC1.Cl. The number of benzene rings is 1. The molecule has 0 spiro atoms. The summed E-state index contributed by atoms with van der Waals surface area (Å²) < 4.78 is 0. The Balaban J connectivity index is 0.00000200. The number of rotatable bonds is 6. The monoisotopic (exact) mass is 296 g/mol. The van der Waals surface area contributed by atoms with Crippen molar-refractivity contribution in [2.24, 2.45) is 0 Å². The van der Waals surface area contributed by atoms with Gasteiger partial charge in [0.25, 0.3) is 0 Å². The molecule has 20 heavy (non-hydrogen) atoms. The highest BCUT2D eigenvalue weighted by atomic mass is 35.5. The van der Waals surface area contributed by atoms with Crippen molar-refractivity contribution in [3.05, 3.63) is 35.9 Å². The summed E-state index contributed by atoms with van der Waals surface area (Å²) in [5.74, 6) is 0.241. The first-order valence-electron chi connectivity index (χ1n) is 7.29. The highest BCUT2D eigenvalue weighted by Gasteiger charge is 2.25. The van der Waals surface area contributed by atoms with Crippen LogP contribution in [0.25, 0.3) is 0 Å². The number of carbonyl (C=O) groups excluding carboxylic acids is 1. The van der Waals surface area contributed by atoms with Gasteiger partial charge in [0.15, 0.2) is 0 Å². The van der Waals surface area contributed by atoms with E-state index >= 15 is 0 Å². The van der Waals surface area contributed by atoms with Gasteiger partial charge in [0.2, 0.25) is 5.91 Å². The molecule has 0 saturated heterocycles. The van der Waals surface area contributed by atoms with Gasteiger partial charge in [0, 0.05) is 12.6 Å². The van der Waals surface area contributed by atoms with E-state index in [2.05, 4.69) is 34.5 Å². The fraction of sp³-hybridized carbons (Fsp3) is 0.562. The van der Waals surface area contributed by atoms with Gasteiger partial charge in [-0.1, -0.05) is 43.2 Å². The van der Waals surface area contributed by atoms with E-state index in [1.165, 1.54) is 31.2 Å². The van der Waals surface area contributed by atoms with Gasteiger partial charge in [-0.25, -0.2) is 0 Å². The van der Waals surface area contributed by atoms with E-state index in [9.17, 15) is 4.79 Å². The molecule has 1 aromatic rings. The third-order valence-corrected chi connectivity index (χ3v) is 3.90. The summed E-state index contributed by atoms with van der Waals surface area (Å²) in [6.07, 6.45) is 5.82. The Labute approximate surface area is 128 Å². The molecule has 0 aromatic heterocycles. The molecule has 1 amide bonds. The minimum Gasteiger partial charge on any atom is -0.338 e. The zero-order valence-corrected chi connectivity index (χ0v) is 13.0. The Morgan fingerprint density at radius 1 is 1.25 bits per heavy atom. The maximum Gasteiger partial charge on any atom is 0.236 e. The maximum absolute atomic E-state index is 12.2. The minimum atomic E-state index is 0. The third-order valence-electron chi connectivity index (χ3n) is 3.90. The van der Waals surface area contributed by atoms with Gasteiger partial charge >= 0.3 is 0 Å². The molecule has 1 aliphatic rings. The predicted molar refractivity (Wildman–Crippen MR) is 85.3 cm³/mol. The van der Waals surface area contributed by atoms with Crippen LogP contribution < -0.4 is 5.32 Å². The van der Waals surface area contributed by atoms with E-state index < -0.39 is 0 Å². The van der Waals surface area contributed by atoms with Crippen LogP contribution in [0.1, 0.15) is 31.2 Å². The molecule has 112 valence electrons. The molecule has 0 aliphatic heterocycles. The van der Waals surface area contributed by atoms with E-state index in [1.54, 1.807) is 0 Å². The van der Waals surface area contributed by atoms with Crippen LogP contribution in [0.15, 0.2) is 30.3 Å². The average Bonchev–Trinajstić information content (AvgIpc) is 2.94. The number of hydrogen-bond donors (Lipinski definition) is 1. The zero-order chi connectivity index (χ0) is 13.5. The lowest BCUT2D eigenvalue weighted by Crippen LogP contribution is -2.44. The molecule has 1 aliphatic carbocycles. The highest BCUT2D eigenvalue weighted by molar-refractivity contribution is 5.85. The van der Waals surface area contributed by atoms with Crippen molar-refractivity contribution < 1.29 is 4.79 Å². The molecule has 1 saturated carbocycles. The summed E-state index contributed by atoms with van der Waals surface area (Å²) >= 11 is 0. The van der Waals surface area contributed by atoms with Gasteiger partial charge in [0.05, 0.1) is 6.54 Å². The van der Waals surface area contributed by atoms with Crippen LogP contribution in [0.2, 0.25) is 0 Å². The molecule has 1 aromatic carbocycles. The molecular weight excluding hydrogens is 272 g/mol. The number of nitrogens with one attached hydrogen (secondary N) is 1. The lowest BCUT2D eigenvalue weighted by atomic mass is 10.1. The summed E-state index contributed by atoms with van der Waals surface area (Å²) in [5, 5.41) is 2.98. The van der Waals surface area contributed by atoms with Crippen molar-refractivity contribution in [2.45, 2.75) is 38.1 Å². The molecule has 4 heteroatoms. The molecule has 0 radical (unpaired) electrons. The lowest BCUT2D eigenvalue weighted by Gasteiger charge is -2.29. The average molecular weight is 297 g/mol. The van der Waals surface area contributed by atoms with Crippen LogP contribution in [0.5, 0.6) is 0 Å². The number of nitrogens with zero attached hydrogens (tertiary/aromatic N) is 1. The number of likely N-dealkylation sites (N-methyl/N-ethyl adjacent to an activating group) is 1. The summed E-state index contributed by atoms with van der Waals surface area (Å²) in [7, 11) is 1.84. The predicted octanol–water partition coefficient (Wildman–Crippen LogP) is 2.64. The van der Waals surface area contributed by atoms with Crippen LogP contribution in [-0.2, 0) is 11.2 Å². The Bertz CT molecular complexity index is 391. The lowest BCUT2D eigenvalue weighted by molar-refractivity contribution is -0.132. The second kappa shape index (κ2) is 8.98. The largest absolute Gasteiger partial charge is 0.338 e. The van der Waals surface area contributed by atoms with Crippen LogP contribution in [-0.4, -0.2) is 37.0 Å². The number of amides is 1. The molecule has 0 heterocycles. The van der Waals surface area contributed by atoms with E-state index in [0.29, 0.717) is 12.6 Å². The minimum absolute atomic E-state index is 0. The fourth-order valence-corrected chi connectivity index (χ4v) is 2.87. The van der Waals surface area contributed by atoms with Crippen LogP contribution >= 0.6 is 12.4 Å². The van der Waals surface area contributed by atoms with Crippen LogP contribution in [0.4, 0.5) is 0 Å². The second-order valence-corrected chi connectivity index (χ2v) is 5.29. The summed E-state index contributed by atoms with van der Waals surface area (Å²) in [5.41, 5.74) is 1.31. The number of carbonyl (C=O) groups is 1. The quantitative estimate of drug-likeness (QED) is 0.875. The Hall–Kier alpha value is -1.06. The molecule has 1 N–H and O–H groups in total. The number of halogens is 1. The standard InChI is InChI=1S/C16H24N2O.ClH/c1-17-13-16(19)18(15-9-5-6-10-15)12-11-14-7-3-2-4-8-14;/h2-4,7-8,15,17H,5-6,9-13H2,1H3;1H. The summed E-state index contributed by atoms with van der Waals surface area (Å²) in [6, 6.07) is 10.9. The normalized spacial score (nSPS) is 14.8. The van der Waals surface area contributed by atoms with Crippen LogP contribution in [0.3, 0.4) is 0 Å². The van der Waals surface area contributed by atoms with Gasteiger partial charge in [-0.15, -0.1) is 12.4 Å². The zero-order valence-electron chi connectivity index (χ0n) is 12.2. The van der Waals surface area contributed by atoms with Gasteiger partial charge in [-0.05, 0) is 31.9 Å². The molecule has 2 rings (SSSR count). The Morgan fingerprint density at radius 2 is 1.90 bits per heavy atom. The fourth-order valence-electron chi connectivity index (χ4n) is 2.87. The molecule has 1 fully saturated rings. The first-order valence-corrected chi connectivity index (χ1v) is 7.29. The van der Waals surface area contributed by atoms with Crippen molar-refractivity contribution >= 4 is 18.3 Å². The van der Waals surface area contributed by atoms with Gasteiger partial charge in [-0.2, -0.15) is 0 Å². The summed E-state index contributed by atoms with van der Waals surface area (Å²) in [4.78, 5) is 14.3. The van der Waals surface area contributed by atoms with Crippen molar-refractivity contribution in [3.8, 4) is 0 Å². The van der Waals surface area contributed by atoms with Crippen molar-refractivity contribution in [1.29, 1.82) is 0 Å². The molecular formula is C16H25ClN2O. The van der Waals surface area contributed by atoms with Crippen molar-refractivity contribution in [1.82, 2.24) is 10.2 Å². The molecule has 3 nitrogen and oxygen atoms in total. The molecule has 0 atom stereocenters. The smallest absolute Gasteiger partial charge is 0.236 e. The summed E-state index contributed by atoms with van der Waals surface area (Å²) in [6.45, 7) is 1.29. The highest BCUT2D eigenvalue weighted by Crippen LogP contribution is 2.23. The maximum atomic E-state index is 12.2. The van der Waals surface area contributed by atoms with Gasteiger partial charge in [0.1, 0.15) is 0 Å². The molecule has 0 bridgehead atoms. The van der Waals surface area contributed by atoms with Crippen molar-refractivity contribution in [3.63, 3.8) is 0 Å². The first kappa shape index (κ1) is 17.0. The van der Waals surface area contributed by atoms with E-state index in [0.717, 1.165) is 13.0 Å². The van der Waals surface area contributed by atoms with E-state index in [4.69, 9.17) is 0 Å². The van der Waals surface area contributed by atoms with Crippen LogP contribution in [0, 0.1) is 0 Å². The first-order chi connectivity index (χ1) is 9.31. The second-order valence-electron chi connectivity index (χ2n) is 5.29. The third kappa shape index (κ3) is 4.80. The van der Waals surface area contributed by atoms with E-state index in [1.807, 2.05) is 13.1 Å². The topological polar surface area (TPSA) is 32.3 Å². The molecule has 0 unspecified atom stereocenters. The Morgan fingerprint density at radius 3 is 2.50 bits per heavy atom.